The molecule has 0 radical (unpaired) electrons. The molecular formula is C16H15FN2O3. The second kappa shape index (κ2) is 7.21. The monoisotopic (exact) mass is 302 g/mol. The van der Waals surface area contributed by atoms with Gasteiger partial charge in [-0.05, 0) is 30.3 Å². The molecule has 2 aromatic carbocycles. The average molecular weight is 302 g/mol. The number of carbonyl (C=O) groups excluding carboxylic acids is 2. The molecule has 5 nitrogen and oxygen atoms in total. The number of nitrogens with one attached hydrogen (secondary N) is 2. The number of rotatable bonds is 5. The van der Waals surface area contributed by atoms with Crippen LogP contribution in [0.5, 0.6) is 5.75 Å². The zero-order valence-corrected chi connectivity index (χ0v) is 11.9. The number of hydrogen-bond donors (Lipinski definition) is 2. The van der Waals surface area contributed by atoms with Gasteiger partial charge in [0.1, 0.15) is 11.6 Å². The number of ether oxygens (including phenoxy) is 1. The Morgan fingerprint density at radius 1 is 1.09 bits per heavy atom. The third kappa shape index (κ3) is 4.59. The smallest absolute Gasteiger partial charge is 0.262 e. The summed E-state index contributed by atoms with van der Waals surface area (Å²) in [5, 5.41) is 4.92. The molecule has 0 aliphatic heterocycles. The quantitative estimate of drug-likeness (QED) is 0.892. The molecule has 2 amide bonds. The van der Waals surface area contributed by atoms with E-state index in [9.17, 15) is 14.0 Å². The van der Waals surface area contributed by atoms with Crippen LogP contribution in [0.4, 0.5) is 15.8 Å². The summed E-state index contributed by atoms with van der Waals surface area (Å²) in [6, 6.07) is 12.8. The highest BCUT2D eigenvalue weighted by molar-refractivity contribution is 5.94. The molecule has 0 aromatic heterocycles. The Hall–Kier alpha value is -2.89. The Morgan fingerprint density at radius 3 is 2.50 bits per heavy atom. The van der Waals surface area contributed by atoms with Crippen LogP contribution in [0, 0.1) is 5.82 Å². The van der Waals surface area contributed by atoms with Gasteiger partial charge < -0.3 is 15.4 Å². The topological polar surface area (TPSA) is 67.4 Å². The van der Waals surface area contributed by atoms with Crippen LogP contribution < -0.4 is 15.4 Å². The molecule has 22 heavy (non-hydrogen) atoms. The van der Waals surface area contributed by atoms with Crippen molar-refractivity contribution in [3.63, 3.8) is 0 Å². The largest absolute Gasteiger partial charge is 0.484 e. The molecular weight excluding hydrogens is 287 g/mol. The Bertz CT molecular complexity index is 674. The molecule has 2 aromatic rings. The first-order valence-corrected chi connectivity index (χ1v) is 6.59. The summed E-state index contributed by atoms with van der Waals surface area (Å²) in [7, 11) is 0. The minimum atomic E-state index is -0.575. The molecule has 0 saturated carbocycles. The van der Waals surface area contributed by atoms with Gasteiger partial charge in [0.25, 0.3) is 5.91 Å². The number of benzene rings is 2. The SMILES string of the molecule is CC(=O)Nc1cc(NC(=O)COc2ccccc2)ccc1F. The van der Waals surface area contributed by atoms with Gasteiger partial charge in [0, 0.05) is 12.6 Å². The highest BCUT2D eigenvalue weighted by atomic mass is 19.1. The van der Waals surface area contributed by atoms with Gasteiger partial charge in [-0.25, -0.2) is 4.39 Å². The highest BCUT2D eigenvalue weighted by Crippen LogP contribution is 2.19. The Balaban J connectivity index is 1.95. The lowest BCUT2D eigenvalue weighted by atomic mass is 10.2. The van der Waals surface area contributed by atoms with Gasteiger partial charge in [-0.3, -0.25) is 9.59 Å². The predicted octanol–water partition coefficient (Wildman–Crippen LogP) is 2.80. The Labute approximate surface area is 127 Å². The molecule has 6 heteroatoms. The van der Waals surface area contributed by atoms with Crippen LogP contribution in [0.1, 0.15) is 6.92 Å². The molecule has 0 saturated heterocycles. The van der Waals surface area contributed by atoms with E-state index in [1.165, 1.54) is 25.1 Å². The Kier molecular flexibility index (Phi) is 5.08. The lowest BCUT2D eigenvalue weighted by Gasteiger charge is -2.09. The third-order valence-corrected chi connectivity index (χ3v) is 2.67. The summed E-state index contributed by atoms with van der Waals surface area (Å²) in [5.74, 6) is -0.775. The maximum atomic E-state index is 13.5. The lowest BCUT2D eigenvalue weighted by Crippen LogP contribution is -2.20. The van der Waals surface area contributed by atoms with E-state index >= 15 is 0 Å². The summed E-state index contributed by atoms with van der Waals surface area (Å²) in [6.45, 7) is 1.11. The van der Waals surface area contributed by atoms with E-state index in [1.807, 2.05) is 6.07 Å². The van der Waals surface area contributed by atoms with Crippen molar-refractivity contribution in [3.05, 3.63) is 54.3 Å². The van der Waals surface area contributed by atoms with Gasteiger partial charge in [0.15, 0.2) is 6.61 Å². The first-order valence-electron chi connectivity index (χ1n) is 6.59. The number of anilines is 2. The van der Waals surface area contributed by atoms with Crippen molar-refractivity contribution in [1.82, 2.24) is 0 Å². The maximum Gasteiger partial charge on any atom is 0.262 e. The van der Waals surface area contributed by atoms with Gasteiger partial charge >= 0.3 is 0 Å². The van der Waals surface area contributed by atoms with E-state index in [4.69, 9.17) is 4.74 Å². The molecule has 0 fully saturated rings. The van der Waals surface area contributed by atoms with Gasteiger partial charge in [0.05, 0.1) is 5.69 Å². The van der Waals surface area contributed by atoms with Crippen molar-refractivity contribution >= 4 is 23.2 Å². The molecule has 0 heterocycles. The maximum absolute atomic E-state index is 13.5. The molecule has 114 valence electrons. The average Bonchev–Trinajstić information content (AvgIpc) is 2.49. The second-order valence-electron chi connectivity index (χ2n) is 4.53. The van der Waals surface area contributed by atoms with Gasteiger partial charge in [0.2, 0.25) is 5.91 Å². The zero-order chi connectivity index (χ0) is 15.9. The van der Waals surface area contributed by atoms with Crippen LogP contribution in [0.3, 0.4) is 0 Å². The summed E-state index contributed by atoms with van der Waals surface area (Å²) < 4.78 is 18.8. The number of halogens is 1. The van der Waals surface area contributed by atoms with Gasteiger partial charge in [-0.2, -0.15) is 0 Å². The van der Waals surface area contributed by atoms with Crippen LogP contribution in [0.25, 0.3) is 0 Å². The number of amides is 2. The Morgan fingerprint density at radius 2 is 1.82 bits per heavy atom. The van der Waals surface area contributed by atoms with Gasteiger partial charge in [-0.1, -0.05) is 18.2 Å². The predicted molar refractivity (Wildman–Crippen MR) is 81.3 cm³/mol. The van der Waals surface area contributed by atoms with Gasteiger partial charge in [-0.15, -0.1) is 0 Å². The first kappa shape index (κ1) is 15.5. The normalized spacial score (nSPS) is 9.91. The van der Waals surface area contributed by atoms with Crippen LogP contribution in [-0.2, 0) is 9.59 Å². The van der Waals surface area contributed by atoms with Crippen molar-refractivity contribution < 1.29 is 18.7 Å². The fraction of sp³-hybridized carbons (Fsp3) is 0.125. The van der Waals surface area contributed by atoms with E-state index in [-0.39, 0.29) is 18.2 Å². The van der Waals surface area contributed by atoms with Crippen molar-refractivity contribution in [1.29, 1.82) is 0 Å². The van der Waals surface area contributed by atoms with Crippen LogP contribution >= 0.6 is 0 Å². The van der Waals surface area contributed by atoms with Crippen LogP contribution in [0.2, 0.25) is 0 Å². The highest BCUT2D eigenvalue weighted by Gasteiger charge is 2.08. The number of hydrogen-bond acceptors (Lipinski definition) is 3. The molecule has 0 atom stereocenters. The van der Waals surface area contributed by atoms with E-state index in [0.29, 0.717) is 11.4 Å². The molecule has 0 aliphatic rings. The number of carbonyl (C=O) groups is 2. The summed E-state index contributed by atoms with van der Waals surface area (Å²) in [6.07, 6.45) is 0. The van der Waals surface area contributed by atoms with Crippen molar-refractivity contribution in [2.45, 2.75) is 6.92 Å². The summed E-state index contributed by atoms with van der Waals surface area (Å²) in [4.78, 5) is 22.8. The third-order valence-electron chi connectivity index (χ3n) is 2.67. The van der Waals surface area contributed by atoms with Crippen molar-refractivity contribution in [2.75, 3.05) is 17.2 Å². The fourth-order valence-electron chi connectivity index (χ4n) is 1.75. The fourth-order valence-corrected chi connectivity index (χ4v) is 1.75. The lowest BCUT2D eigenvalue weighted by molar-refractivity contribution is -0.118. The summed E-state index contributed by atoms with van der Waals surface area (Å²) in [5.41, 5.74) is 0.376. The zero-order valence-electron chi connectivity index (χ0n) is 11.9. The van der Waals surface area contributed by atoms with E-state index in [2.05, 4.69) is 10.6 Å². The minimum absolute atomic E-state index is 0.00859. The van der Waals surface area contributed by atoms with Crippen molar-refractivity contribution in [3.8, 4) is 5.75 Å². The molecule has 2 N–H and O–H groups in total. The van der Waals surface area contributed by atoms with E-state index in [1.54, 1.807) is 24.3 Å². The molecule has 0 spiro atoms. The molecule has 0 unspecified atom stereocenters. The molecule has 2 rings (SSSR count). The number of para-hydroxylation sites is 1. The van der Waals surface area contributed by atoms with Crippen molar-refractivity contribution in [2.24, 2.45) is 0 Å². The van der Waals surface area contributed by atoms with Crippen LogP contribution in [-0.4, -0.2) is 18.4 Å². The summed E-state index contributed by atoms with van der Waals surface area (Å²) >= 11 is 0. The molecule has 0 aliphatic carbocycles. The minimum Gasteiger partial charge on any atom is -0.484 e. The standard InChI is InChI=1S/C16H15FN2O3/c1-11(20)18-15-9-12(7-8-14(15)17)19-16(21)10-22-13-5-3-2-4-6-13/h2-9H,10H2,1H3,(H,18,20)(H,19,21). The molecule has 0 bridgehead atoms. The second-order valence-corrected chi connectivity index (χ2v) is 4.53. The van der Waals surface area contributed by atoms with E-state index in [0.717, 1.165) is 0 Å². The first-order chi connectivity index (χ1) is 10.5. The van der Waals surface area contributed by atoms with Crippen LogP contribution in [0.15, 0.2) is 48.5 Å². The van der Waals surface area contributed by atoms with E-state index < -0.39 is 11.7 Å².